The number of sulfonamides is 1. The Hall–Kier alpha value is -1.59. The molecule has 1 N–H and O–H groups in total. The summed E-state index contributed by atoms with van der Waals surface area (Å²) in [6.07, 6.45) is 0.591. The zero-order valence-electron chi connectivity index (χ0n) is 16.4. The lowest BCUT2D eigenvalue weighted by molar-refractivity contribution is -0.110. The van der Waals surface area contributed by atoms with Gasteiger partial charge in [0.2, 0.25) is 15.8 Å². The van der Waals surface area contributed by atoms with E-state index in [0.29, 0.717) is 42.4 Å². The van der Waals surface area contributed by atoms with Gasteiger partial charge in [-0.2, -0.15) is 5.06 Å². The maximum Gasteiger partial charge on any atom is 0.218 e. The van der Waals surface area contributed by atoms with E-state index in [1.165, 1.54) is 21.3 Å². The third kappa shape index (κ3) is 4.82. The van der Waals surface area contributed by atoms with E-state index >= 15 is 0 Å². The van der Waals surface area contributed by atoms with Gasteiger partial charge in [0, 0.05) is 27.3 Å². The zero-order chi connectivity index (χ0) is 20.0. The van der Waals surface area contributed by atoms with Gasteiger partial charge in [-0.1, -0.05) is 0 Å². The standard InChI is InChI=1S/C17H28N2O7S/c1-19-16(12-9-13(23-3)17(25-5)14(10-12)24-4)15(11-26-19)27(20,21)18-7-6-8-22-2/h9-10,15-16,18H,6-8,11H2,1-5H3. The molecule has 1 aliphatic heterocycles. The normalized spacial score (nSPS) is 20.6. The maximum atomic E-state index is 12.8. The monoisotopic (exact) mass is 404 g/mol. The second-order valence-corrected chi connectivity index (χ2v) is 8.05. The number of benzene rings is 1. The van der Waals surface area contributed by atoms with Crippen LogP contribution >= 0.6 is 0 Å². The zero-order valence-corrected chi connectivity index (χ0v) is 17.2. The Kier molecular flexibility index (Phi) is 7.68. The molecule has 9 nitrogen and oxygen atoms in total. The average Bonchev–Trinajstić information content (AvgIpc) is 3.06. The lowest BCUT2D eigenvalue weighted by atomic mass is 10.0. The minimum absolute atomic E-state index is 0.0530. The quantitative estimate of drug-likeness (QED) is 0.576. The molecule has 1 aromatic carbocycles. The number of ether oxygens (including phenoxy) is 4. The molecule has 1 fully saturated rings. The Bertz CT molecular complexity index is 701. The van der Waals surface area contributed by atoms with Crippen LogP contribution in [0.2, 0.25) is 0 Å². The third-order valence-electron chi connectivity index (χ3n) is 4.44. The number of methoxy groups -OCH3 is 4. The molecule has 0 radical (unpaired) electrons. The first kappa shape index (κ1) is 21.7. The smallest absolute Gasteiger partial charge is 0.218 e. The molecule has 1 aromatic rings. The summed E-state index contributed by atoms with van der Waals surface area (Å²) in [5.41, 5.74) is 0.691. The molecule has 2 atom stereocenters. The van der Waals surface area contributed by atoms with E-state index in [4.69, 9.17) is 23.8 Å². The summed E-state index contributed by atoms with van der Waals surface area (Å²) in [6.45, 7) is 0.843. The third-order valence-corrected chi connectivity index (χ3v) is 6.24. The van der Waals surface area contributed by atoms with E-state index in [0.717, 1.165) is 0 Å². The number of hydroxylamine groups is 2. The molecule has 0 aliphatic carbocycles. The number of rotatable bonds is 10. The molecule has 0 saturated carbocycles. The summed E-state index contributed by atoms with van der Waals surface area (Å²) in [5, 5.41) is 0.757. The van der Waals surface area contributed by atoms with Crippen LogP contribution in [0.4, 0.5) is 0 Å². The Morgan fingerprint density at radius 3 is 2.30 bits per heavy atom. The molecule has 0 aromatic heterocycles. The summed E-state index contributed by atoms with van der Waals surface area (Å²) in [4.78, 5) is 5.53. The predicted octanol–water partition coefficient (Wildman–Crippen LogP) is 0.955. The van der Waals surface area contributed by atoms with Crippen LogP contribution in [0.15, 0.2) is 12.1 Å². The molecule has 0 amide bonds. The topological polar surface area (TPSA) is 95.6 Å². The fourth-order valence-corrected chi connectivity index (χ4v) is 4.64. The number of nitrogens with one attached hydrogen (secondary N) is 1. The summed E-state index contributed by atoms with van der Waals surface area (Å²) in [6, 6.07) is 2.95. The van der Waals surface area contributed by atoms with Gasteiger partial charge in [0.05, 0.1) is 34.0 Å². The fourth-order valence-electron chi connectivity index (χ4n) is 3.09. The summed E-state index contributed by atoms with van der Waals surface area (Å²) < 4.78 is 49.3. The molecule has 1 aliphatic rings. The highest BCUT2D eigenvalue weighted by molar-refractivity contribution is 7.90. The highest BCUT2D eigenvalue weighted by atomic mass is 32.2. The minimum Gasteiger partial charge on any atom is -0.493 e. The van der Waals surface area contributed by atoms with E-state index in [2.05, 4.69) is 4.72 Å². The molecule has 0 spiro atoms. The van der Waals surface area contributed by atoms with Crippen molar-refractivity contribution < 1.29 is 32.2 Å². The van der Waals surface area contributed by atoms with Crippen LogP contribution in [-0.4, -0.2) is 74.0 Å². The van der Waals surface area contributed by atoms with E-state index in [9.17, 15) is 8.42 Å². The van der Waals surface area contributed by atoms with Gasteiger partial charge in [-0.25, -0.2) is 13.1 Å². The van der Waals surface area contributed by atoms with Crippen molar-refractivity contribution >= 4 is 10.0 Å². The molecule has 2 rings (SSSR count). The van der Waals surface area contributed by atoms with E-state index in [1.807, 2.05) is 0 Å². The first-order valence-electron chi connectivity index (χ1n) is 8.52. The van der Waals surface area contributed by atoms with Gasteiger partial charge >= 0.3 is 0 Å². The SMILES string of the molecule is COCCCNS(=O)(=O)C1CON(C)C1c1cc(OC)c(OC)c(OC)c1. The van der Waals surface area contributed by atoms with Gasteiger partial charge in [-0.15, -0.1) is 0 Å². The van der Waals surface area contributed by atoms with Crippen molar-refractivity contribution in [1.29, 1.82) is 0 Å². The van der Waals surface area contributed by atoms with Gasteiger partial charge in [0.1, 0.15) is 5.25 Å². The van der Waals surface area contributed by atoms with Gasteiger partial charge in [0.25, 0.3) is 0 Å². The van der Waals surface area contributed by atoms with Crippen molar-refractivity contribution in [2.45, 2.75) is 17.7 Å². The molecule has 0 bridgehead atoms. The van der Waals surface area contributed by atoms with Crippen molar-refractivity contribution in [3.63, 3.8) is 0 Å². The number of hydrogen-bond acceptors (Lipinski definition) is 8. The first-order chi connectivity index (χ1) is 12.9. The second-order valence-electron chi connectivity index (χ2n) is 6.07. The molecule has 2 unspecified atom stereocenters. The van der Waals surface area contributed by atoms with E-state index in [1.54, 1.807) is 31.4 Å². The van der Waals surface area contributed by atoms with Crippen LogP contribution < -0.4 is 18.9 Å². The molecule has 1 saturated heterocycles. The summed E-state index contributed by atoms with van der Waals surface area (Å²) in [5.74, 6) is 1.36. The maximum absolute atomic E-state index is 12.8. The molecule has 1 heterocycles. The minimum atomic E-state index is -3.61. The second kappa shape index (κ2) is 9.56. The van der Waals surface area contributed by atoms with E-state index < -0.39 is 21.3 Å². The van der Waals surface area contributed by atoms with Crippen LogP contribution in [-0.2, 0) is 19.6 Å². The van der Waals surface area contributed by atoms with Gasteiger partial charge in [-0.05, 0) is 24.1 Å². The van der Waals surface area contributed by atoms with Gasteiger partial charge in [-0.3, -0.25) is 4.84 Å². The Balaban J connectivity index is 2.34. The van der Waals surface area contributed by atoms with Crippen LogP contribution in [0.25, 0.3) is 0 Å². The van der Waals surface area contributed by atoms with E-state index in [-0.39, 0.29) is 6.61 Å². The Morgan fingerprint density at radius 1 is 1.15 bits per heavy atom. The Morgan fingerprint density at radius 2 is 1.78 bits per heavy atom. The number of hydrogen-bond donors (Lipinski definition) is 1. The predicted molar refractivity (Wildman–Crippen MR) is 99.8 cm³/mol. The van der Waals surface area contributed by atoms with Gasteiger partial charge in [0.15, 0.2) is 11.5 Å². The highest BCUT2D eigenvalue weighted by Gasteiger charge is 2.43. The van der Waals surface area contributed by atoms with Crippen LogP contribution in [0.3, 0.4) is 0 Å². The highest BCUT2D eigenvalue weighted by Crippen LogP contribution is 2.43. The molecule has 10 heteroatoms. The van der Waals surface area contributed by atoms with Crippen molar-refractivity contribution in [3.05, 3.63) is 17.7 Å². The van der Waals surface area contributed by atoms with Crippen molar-refractivity contribution in [2.75, 3.05) is 55.2 Å². The van der Waals surface area contributed by atoms with Crippen molar-refractivity contribution in [3.8, 4) is 17.2 Å². The largest absolute Gasteiger partial charge is 0.493 e. The van der Waals surface area contributed by atoms with Crippen molar-refractivity contribution in [1.82, 2.24) is 9.79 Å². The number of nitrogens with zero attached hydrogens (tertiary/aromatic N) is 1. The van der Waals surface area contributed by atoms with Crippen LogP contribution in [0.5, 0.6) is 17.2 Å². The summed E-state index contributed by atoms with van der Waals surface area (Å²) in [7, 11) is 4.22. The van der Waals surface area contributed by atoms with Crippen molar-refractivity contribution in [2.24, 2.45) is 0 Å². The van der Waals surface area contributed by atoms with Gasteiger partial charge < -0.3 is 18.9 Å². The molecule has 27 heavy (non-hydrogen) atoms. The fraction of sp³-hybridized carbons (Fsp3) is 0.647. The average molecular weight is 404 g/mol. The first-order valence-corrected chi connectivity index (χ1v) is 10.1. The summed E-state index contributed by atoms with van der Waals surface area (Å²) >= 11 is 0. The molecular formula is C17H28N2O7S. The lowest BCUT2D eigenvalue weighted by Gasteiger charge is -2.24. The Labute approximate surface area is 160 Å². The lowest BCUT2D eigenvalue weighted by Crippen LogP contribution is -2.39. The molecule has 154 valence electrons. The van der Waals surface area contributed by atoms with Crippen LogP contribution in [0.1, 0.15) is 18.0 Å². The molecular weight excluding hydrogens is 376 g/mol. The van der Waals surface area contributed by atoms with Crippen LogP contribution in [0, 0.1) is 0 Å².